The van der Waals surface area contributed by atoms with Gasteiger partial charge < -0.3 is 14.2 Å². The Morgan fingerprint density at radius 1 is 1.10 bits per heavy atom. The second-order valence-corrected chi connectivity index (χ2v) is 10.3. The molecule has 4 aromatic rings. The predicted molar refractivity (Wildman–Crippen MR) is 153 cm³/mol. The smallest absolute Gasteiger partial charge is 0.338 e. The molecule has 2 aromatic heterocycles. The lowest BCUT2D eigenvalue weighted by Gasteiger charge is -2.25. The molecule has 11 heteroatoms. The maximum Gasteiger partial charge on any atom is 0.338 e. The molecule has 2 aromatic carbocycles. The molecule has 0 radical (unpaired) electrons. The summed E-state index contributed by atoms with van der Waals surface area (Å²) in [5, 5.41) is 4.75. The average Bonchev–Trinajstić information content (AvgIpc) is 3.42. The standard InChI is InChI=1S/C29H27ClN4O5S/c1-6-39-28(36)24-16(2)31-29-33(25(24)18-12-13-21(37-4)22(14-18)38-5)27(35)23(40-29)15-20-17(3)34(32-26(20)30)19-10-8-7-9-11-19/h7-15,25H,6H2,1-5H3/b23-15-/t25-/m1/s1. The van der Waals surface area contributed by atoms with E-state index in [1.165, 1.54) is 23.0 Å². The minimum Gasteiger partial charge on any atom is -0.493 e. The van der Waals surface area contributed by atoms with Gasteiger partial charge in [0.05, 0.1) is 54.1 Å². The first kappa shape index (κ1) is 27.4. The number of esters is 1. The Kier molecular flexibility index (Phi) is 7.64. The molecule has 0 spiro atoms. The number of aromatic nitrogens is 3. The lowest BCUT2D eigenvalue weighted by atomic mass is 9.95. The Balaban J connectivity index is 1.72. The number of hydrogen-bond donors (Lipinski definition) is 0. The van der Waals surface area contributed by atoms with Gasteiger partial charge in [0.2, 0.25) is 0 Å². The van der Waals surface area contributed by atoms with Crippen LogP contribution in [0.1, 0.15) is 36.7 Å². The fourth-order valence-electron chi connectivity index (χ4n) is 4.73. The number of ether oxygens (including phenoxy) is 3. The van der Waals surface area contributed by atoms with Gasteiger partial charge in [-0.25, -0.2) is 14.5 Å². The molecule has 0 fully saturated rings. The van der Waals surface area contributed by atoms with Crippen LogP contribution in [0.2, 0.25) is 5.15 Å². The number of hydrogen-bond acceptors (Lipinski definition) is 8. The Morgan fingerprint density at radius 2 is 1.82 bits per heavy atom. The highest BCUT2D eigenvalue weighted by atomic mass is 35.5. The van der Waals surface area contributed by atoms with Crippen molar-refractivity contribution in [1.29, 1.82) is 0 Å². The van der Waals surface area contributed by atoms with Crippen LogP contribution in [0, 0.1) is 6.92 Å². The quantitative estimate of drug-likeness (QED) is 0.308. The summed E-state index contributed by atoms with van der Waals surface area (Å²) in [5.41, 5.74) is 3.33. The van der Waals surface area contributed by atoms with Gasteiger partial charge in [-0.1, -0.05) is 47.2 Å². The van der Waals surface area contributed by atoms with Gasteiger partial charge in [-0.3, -0.25) is 9.36 Å². The summed E-state index contributed by atoms with van der Waals surface area (Å²) in [7, 11) is 3.07. The summed E-state index contributed by atoms with van der Waals surface area (Å²) in [5.74, 6) is 0.453. The third-order valence-electron chi connectivity index (χ3n) is 6.63. The fourth-order valence-corrected chi connectivity index (χ4v) is 6.02. The van der Waals surface area contributed by atoms with Crippen molar-refractivity contribution in [2.45, 2.75) is 26.8 Å². The number of rotatable bonds is 7. The molecule has 1 aliphatic heterocycles. The van der Waals surface area contributed by atoms with E-state index < -0.39 is 12.0 Å². The van der Waals surface area contributed by atoms with Crippen LogP contribution in [-0.2, 0) is 9.53 Å². The van der Waals surface area contributed by atoms with Gasteiger partial charge in [-0.05, 0) is 56.7 Å². The zero-order valence-corrected chi connectivity index (χ0v) is 24.2. The average molecular weight is 579 g/mol. The molecule has 0 N–H and O–H groups in total. The number of carbonyl (C=O) groups is 1. The first-order valence-electron chi connectivity index (χ1n) is 12.5. The molecule has 9 nitrogen and oxygen atoms in total. The molecule has 0 amide bonds. The van der Waals surface area contributed by atoms with Crippen molar-refractivity contribution < 1.29 is 19.0 Å². The van der Waals surface area contributed by atoms with E-state index >= 15 is 0 Å². The van der Waals surface area contributed by atoms with Gasteiger partial charge in [-0.2, -0.15) is 5.10 Å². The third kappa shape index (κ3) is 4.73. The highest BCUT2D eigenvalue weighted by Gasteiger charge is 2.34. The fraction of sp³-hybridized carbons (Fsp3) is 0.241. The normalized spacial score (nSPS) is 15.1. The summed E-state index contributed by atoms with van der Waals surface area (Å²) < 4.78 is 19.9. The van der Waals surface area contributed by atoms with Crippen LogP contribution in [0.15, 0.2) is 69.6 Å². The lowest BCUT2D eigenvalue weighted by Crippen LogP contribution is -2.40. The molecule has 1 atom stereocenters. The Hall–Kier alpha value is -4.15. The van der Waals surface area contributed by atoms with Crippen LogP contribution in [0.3, 0.4) is 0 Å². The predicted octanol–water partition coefficient (Wildman–Crippen LogP) is 3.96. The minimum atomic E-state index is -0.791. The van der Waals surface area contributed by atoms with E-state index in [-0.39, 0.29) is 22.9 Å². The highest BCUT2D eigenvalue weighted by Crippen LogP contribution is 2.36. The third-order valence-corrected chi connectivity index (χ3v) is 7.90. The number of nitrogens with zero attached hydrogens (tertiary/aromatic N) is 4. The first-order valence-corrected chi connectivity index (χ1v) is 13.7. The van der Waals surface area contributed by atoms with Crippen molar-refractivity contribution in [3.05, 3.63) is 101 Å². The summed E-state index contributed by atoms with van der Waals surface area (Å²) in [4.78, 5) is 32.2. The zero-order chi connectivity index (χ0) is 28.6. The number of benzene rings is 2. The van der Waals surface area contributed by atoms with Crippen LogP contribution < -0.4 is 24.4 Å². The molecular weight excluding hydrogens is 552 g/mol. The molecule has 0 bridgehead atoms. The van der Waals surface area contributed by atoms with Crippen molar-refractivity contribution >= 4 is 35.0 Å². The van der Waals surface area contributed by atoms with Gasteiger partial charge in [0, 0.05) is 5.56 Å². The molecule has 206 valence electrons. The number of thiazole rings is 1. The van der Waals surface area contributed by atoms with E-state index in [9.17, 15) is 9.59 Å². The van der Waals surface area contributed by atoms with E-state index in [1.54, 1.807) is 49.9 Å². The first-order chi connectivity index (χ1) is 19.3. The summed E-state index contributed by atoms with van der Waals surface area (Å²) in [6.45, 7) is 5.55. The second kappa shape index (κ2) is 11.1. The molecule has 3 heterocycles. The van der Waals surface area contributed by atoms with E-state index in [0.29, 0.717) is 37.7 Å². The number of para-hydroxylation sites is 1. The van der Waals surface area contributed by atoms with Crippen LogP contribution in [-0.4, -0.2) is 41.1 Å². The molecule has 0 unspecified atom stereocenters. The number of methoxy groups -OCH3 is 2. The lowest BCUT2D eigenvalue weighted by molar-refractivity contribution is -0.139. The second-order valence-electron chi connectivity index (χ2n) is 8.95. The molecule has 0 saturated heterocycles. The van der Waals surface area contributed by atoms with Crippen LogP contribution in [0.25, 0.3) is 11.8 Å². The Labute approximate surface area is 239 Å². The summed E-state index contributed by atoms with van der Waals surface area (Å²) in [6.07, 6.45) is 1.73. The Bertz CT molecular complexity index is 1820. The van der Waals surface area contributed by atoms with Crippen molar-refractivity contribution in [2.24, 2.45) is 4.99 Å². The number of allylic oxidation sites excluding steroid dienone is 1. The maximum absolute atomic E-state index is 14.0. The molecule has 0 saturated carbocycles. The summed E-state index contributed by atoms with van der Waals surface area (Å²) >= 11 is 7.77. The SMILES string of the molecule is CCOC(=O)C1=C(C)N=c2s/c(=C\c3c(Cl)nn(-c4ccccc4)c3C)c(=O)n2[C@@H]1c1ccc(OC)c(OC)c1. The van der Waals surface area contributed by atoms with Gasteiger partial charge in [0.15, 0.2) is 21.5 Å². The van der Waals surface area contributed by atoms with Crippen molar-refractivity contribution in [3.63, 3.8) is 0 Å². The molecule has 0 aliphatic carbocycles. The topological polar surface area (TPSA) is 96.9 Å². The molecule has 1 aliphatic rings. The minimum absolute atomic E-state index is 0.182. The largest absolute Gasteiger partial charge is 0.493 e. The molecule has 5 rings (SSSR count). The van der Waals surface area contributed by atoms with Crippen molar-refractivity contribution in [2.75, 3.05) is 20.8 Å². The molecule has 40 heavy (non-hydrogen) atoms. The van der Waals surface area contributed by atoms with Gasteiger partial charge >= 0.3 is 5.97 Å². The van der Waals surface area contributed by atoms with Crippen LogP contribution >= 0.6 is 22.9 Å². The zero-order valence-electron chi connectivity index (χ0n) is 22.6. The number of carbonyl (C=O) groups excluding carboxylic acids is 1. The number of fused-ring (bicyclic) bond motifs is 1. The number of halogens is 1. The van der Waals surface area contributed by atoms with E-state index in [1.807, 2.05) is 37.3 Å². The monoisotopic (exact) mass is 578 g/mol. The van der Waals surface area contributed by atoms with Crippen molar-refractivity contribution in [1.82, 2.24) is 14.3 Å². The maximum atomic E-state index is 14.0. The highest BCUT2D eigenvalue weighted by molar-refractivity contribution is 7.07. The van der Waals surface area contributed by atoms with Gasteiger partial charge in [0.25, 0.3) is 5.56 Å². The Morgan fingerprint density at radius 3 is 2.50 bits per heavy atom. The van der Waals surface area contributed by atoms with E-state index in [4.69, 9.17) is 25.8 Å². The van der Waals surface area contributed by atoms with E-state index in [0.717, 1.165) is 11.4 Å². The summed E-state index contributed by atoms with van der Waals surface area (Å²) in [6, 6.07) is 14.1. The van der Waals surface area contributed by atoms with Crippen LogP contribution in [0.5, 0.6) is 11.5 Å². The van der Waals surface area contributed by atoms with Gasteiger partial charge in [0.1, 0.15) is 0 Å². The van der Waals surface area contributed by atoms with Crippen LogP contribution in [0.4, 0.5) is 0 Å². The van der Waals surface area contributed by atoms with E-state index in [2.05, 4.69) is 10.1 Å². The molecular formula is C29H27ClN4O5S. The van der Waals surface area contributed by atoms with Crippen molar-refractivity contribution in [3.8, 4) is 17.2 Å². The van der Waals surface area contributed by atoms with Gasteiger partial charge in [-0.15, -0.1) is 0 Å².